The quantitative estimate of drug-likeness (QED) is 0.814. The van der Waals surface area contributed by atoms with Crippen LogP contribution in [0.4, 0.5) is 5.69 Å². The molecule has 0 saturated heterocycles. The van der Waals surface area contributed by atoms with Gasteiger partial charge in [-0.2, -0.15) is 5.26 Å². The molecule has 5 heteroatoms. The Morgan fingerprint density at radius 3 is 2.60 bits per heavy atom. The summed E-state index contributed by atoms with van der Waals surface area (Å²) in [5, 5.41) is 13.9. The minimum atomic E-state index is -0.252. The van der Waals surface area contributed by atoms with E-state index in [4.69, 9.17) is 10.00 Å². The second-order valence-corrected chi connectivity index (χ2v) is 5.95. The molecule has 0 aliphatic rings. The van der Waals surface area contributed by atoms with E-state index >= 15 is 0 Å². The summed E-state index contributed by atoms with van der Waals surface area (Å²) in [6.45, 7) is 3.99. The van der Waals surface area contributed by atoms with Gasteiger partial charge in [0.2, 0.25) is 0 Å². The molecule has 0 unspecified atom stereocenters. The van der Waals surface area contributed by atoms with Crippen molar-refractivity contribution in [2.45, 2.75) is 32.4 Å². The zero-order valence-corrected chi connectivity index (χ0v) is 14.8. The van der Waals surface area contributed by atoms with E-state index in [2.05, 4.69) is 23.6 Å². The molecule has 0 saturated carbocycles. The number of carbonyl (C=O) groups excluding carboxylic acids is 1. The number of anilines is 1. The molecule has 0 heterocycles. The van der Waals surface area contributed by atoms with Crippen LogP contribution in [0.1, 0.15) is 37.4 Å². The molecule has 5 nitrogen and oxygen atoms in total. The normalized spacial score (nSPS) is 12.7. The van der Waals surface area contributed by atoms with Gasteiger partial charge in [-0.05, 0) is 49.4 Å². The minimum absolute atomic E-state index is 0.0814. The Kier molecular flexibility index (Phi) is 6.55. The van der Waals surface area contributed by atoms with Crippen LogP contribution in [-0.4, -0.2) is 19.1 Å². The van der Waals surface area contributed by atoms with E-state index in [9.17, 15) is 4.79 Å². The molecule has 3 N–H and O–H groups in total. The number of hydrogen-bond acceptors (Lipinski definition) is 3. The van der Waals surface area contributed by atoms with Gasteiger partial charge < -0.3 is 15.4 Å². The number of amides is 1. The summed E-state index contributed by atoms with van der Waals surface area (Å²) >= 11 is 0. The van der Waals surface area contributed by atoms with Gasteiger partial charge in [0.15, 0.2) is 6.04 Å². The summed E-state index contributed by atoms with van der Waals surface area (Å²) in [7, 11) is 1.64. The van der Waals surface area contributed by atoms with E-state index in [1.165, 1.54) is 0 Å². The highest BCUT2D eigenvalue weighted by Gasteiger charge is 2.22. The molecule has 1 amide bonds. The fourth-order valence-electron chi connectivity index (χ4n) is 2.69. The lowest BCUT2D eigenvalue weighted by Gasteiger charge is -2.19. The minimum Gasteiger partial charge on any atom is -0.497 e. The summed E-state index contributed by atoms with van der Waals surface area (Å²) in [5.74, 6) is 0.740. The van der Waals surface area contributed by atoms with Crippen molar-refractivity contribution in [1.29, 1.82) is 5.26 Å². The first-order valence-corrected chi connectivity index (χ1v) is 8.37. The molecule has 2 aromatic carbocycles. The Morgan fingerprint density at radius 1 is 1.28 bits per heavy atom. The molecule has 2 atom stereocenters. The van der Waals surface area contributed by atoms with E-state index in [-0.39, 0.29) is 18.0 Å². The lowest BCUT2D eigenvalue weighted by Crippen LogP contribution is -2.92. The second-order valence-electron chi connectivity index (χ2n) is 5.95. The van der Waals surface area contributed by atoms with E-state index < -0.39 is 0 Å². The first-order chi connectivity index (χ1) is 12.1. The third-order valence-electron chi connectivity index (χ3n) is 4.18. The van der Waals surface area contributed by atoms with Crippen molar-refractivity contribution in [3.05, 3.63) is 59.7 Å². The highest BCUT2D eigenvalue weighted by atomic mass is 16.5. The molecule has 0 fully saturated rings. The zero-order valence-electron chi connectivity index (χ0n) is 14.8. The van der Waals surface area contributed by atoms with Crippen LogP contribution in [0.3, 0.4) is 0 Å². The van der Waals surface area contributed by atoms with Crippen molar-refractivity contribution in [1.82, 2.24) is 0 Å². The smallest absolute Gasteiger partial charge is 0.282 e. The van der Waals surface area contributed by atoms with E-state index in [0.717, 1.165) is 17.7 Å². The standard InChI is InChI=1S/C20H23N3O2/c1-4-19(16-8-10-18(25-3)11-9-16)22-14(2)20(24)23-17-7-5-6-15(12-17)13-21/h5-12,14,19,22H,4H2,1-3H3,(H,23,24)/p+1/t14-,19+/m0/s1. The number of quaternary nitrogens is 1. The van der Waals surface area contributed by atoms with Crippen molar-refractivity contribution in [3.8, 4) is 11.8 Å². The lowest BCUT2D eigenvalue weighted by molar-refractivity contribution is -0.713. The molecule has 2 rings (SSSR count). The molecular formula is C20H24N3O2+. The van der Waals surface area contributed by atoms with Crippen LogP contribution < -0.4 is 15.4 Å². The van der Waals surface area contributed by atoms with Gasteiger partial charge >= 0.3 is 0 Å². The van der Waals surface area contributed by atoms with Crippen molar-refractivity contribution in [3.63, 3.8) is 0 Å². The first-order valence-electron chi connectivity index (χ1n) is 8.37. The Bertz CT molecular complexity index is 750. The molecule has 0 spiro atoms. The van der Waals surface area contributed by atoms with Gasteiger partial charge in [0.25, 0.3) is 5.91 Å². The number of nitrogens with one attached hydrogen (secondary N) is 1. The number of nitrogens with zero attached hydrogens (tertiary/aromatic N) is 1. The number of nitrogens with two attached hydrogens (primary N) is 1. The third-order valence-corrected chi connectivity index (χ3v) is 4.18. The SMILES string of the molecule is CC[C@@H]([NH2+][C@@H](C)C(=O)Nc1cccc(C#N)c1)c1ccc(OC)cc1. The lowest BCUT2D eigenvalue weighted by atomic mass is 10.0. The average molecular weight is 338 g/mol. The van der Waals surface area contributed by atoms with E-state index in [0.29, 0.717) is 11.3 Å². The molecule has 25 heavy (non-hydrogen) atoms. The van der Waals surface area contributed by atoms with Gasteiger partial charge in [0.05, 0.1) is 18.7 Å². The number of ether oxygens (including phenoxy) is 1. The first kappa shape index (κ1) is 18.5. The van der Waals surface area contributed by atoms with Gasteiger partial charge in [-0.25, -0.2) is 0 Å². The van der Waals surface area contributed by atoms with Gasteiger partial charge in [-0.1, -0.05) is 13.0 Å². The number of carbonyl (C=O) groups is 1. The summed E-state index contributed by atoms with van der Waals surface area (Å²) < 4.78 is 5.19. The number of nitriles is 1. The molecule has 0 aliphatic carbocycles. The maximum atomic E-state index is 12.4. The van der Waals surface area contributed by atoms with Gasteiger partial charge in [0, 0.05) is 17.7 Å². The highest BCUT2D eigenvalue weighted by molar-refractivity contribution is 5.93. The molecule has 0 radical (unpaired) electrons. The number of hydrogen-bond donors (Lipinski definition) is 2. The number of methoxy groups -OCH3 is 1. The van der Waals surface area contributed by atoms with Crippen molar-refractivity contribution >= 4 is 11.6 Å². The summed E-state index contributed by atoms with van der Waals surface area (Å²) in [5.41, 5.74) is 2.33. The molecule has 130 valence electrons. The topological polar surface area (TPSA) is 78.7 Å². The summed E-state index contributed by atoms with van der Waals surface area (Å²) in [4.78, 5) is 12.4. The van der Waals surface area contributed by atoms with Crippen LogP contribution in [0.25, 0.3) is 0 Å². The molecule has 0 aromatic heterocycles. The Morgan fingerprint density at radius 2 is 2.00 bits per heavy atom. The summed E-state index contributed by atoms with van der Waals surface area (Å²) in [6, 6.07) is 16.9. The molecular weight excluding hydrogens is 314 g/mol. The van der Waals surface area contributed by atoms with Crippen LogP contribution >= 0.6 is 0 Å². The monoisotopic (exact) mass is 338 g/mol. The van der Waals surface area contributed by atoms with E-state index in [1.54, 1.807) is 31.4 Å². The van der Waals surface area contributed by atoms with Crippen molar-refractivity contribution < 1.29 is 14.8 Å². The molecule has 0 bridgehead atoms. The van der Waals surface area contributed by atoms with E-state index in [1.807, 2.05) is 31.2 Å². The Hall–Kier alpha value is -2.84. The van der Waals surface area contributed by atoms with Crippen LogP contribution in [0, 0.1) is 11.3 Å². The fourth-order valence-corrected chi connectivity index (χ4v) is 2.69. The summed E-state index contributed by atoms with van der Waals surface area (Å²) in [6.07, 6.45) is 0.911. The number of benzene rings is 2. The molecule has 2 aromatic rings. The van der Waals surface area contributed by atoms with Gasteiger partial charge in [0.1, 0.15) is 11.8 Å². The predicted molar refractivity (Wildman–Crippen MR) is 97.2 cm³/mol. The highest BCUT2D eigenvalue weighted by Crippen LogP contribution is 2.17. The van der Waals surface area contributed by atoms with Crippen LogP contribution in [0.5, 0.6) is 5.75 Å². The third kappa shape index (κ3) is 5.07. The Labute approximate surface area is 148 Å². The fraction of sp³-hybridized carbons (Fsp3) is 0.300. The maximum Gasteiger partial charge on any atom is 0.282 e. The Balaban J connectivity index is 2.01. The van der Waals surface area contributed by atoms with Crippen molar-refractivity contribution in [2.24, 2.45) is 0 Å². The molecule has 0 aliphatic heterocycles. The van der Waals surface area contributed by atoms with Gasteiger partial charge in [-0.15, -0.1) is 0 Å². The van der Waals surface area contributed by atoms with Crippen LogP contribution in [0.15, 0.2) is 48.5 Å². The van der Waals surface area contributed by atoms with Crippen LogP contribution in [-0.2, 0) is 4.79 Å². The van der Waals surface area contributed by atoms with Gasteiger partial charge in [-0.3, -0.25) is 4.79 Å². The zero-order chi connectivity index (χ0) is 18.2. The largest absolute Gasteiger partial charge is 0.497 e. The predicted octanol–water partition coefficient (Wildman–Crippen LogP) is 2.61. The van der Waals surface area contributed by atoms with Crippen LogP contribution in [0.2, 0.25) is 0 Å². The average Bonchev–Trinajstić information content (AvgIpc) is 2.66. The number of rotatable bonds is 7. The second kappa shape index (κ2) is 8.86. The van der Waals surface area contributed by atoms with Crippen molar-refractivity contribution in [2.75, 3.05) is 12.4 Å². The maximum absolute atomic E-state index is 12.4.